The molecule has 0 radical (unpaired) electrons. The maximum atomic E-state index is 6.21. The SMILES string of the molecule is c1ccc([C@@H]2CCc3cc(Oc4ncc(CNCc5ccno5)s4)ccc3O2)cc1. The quantitative estimate of drug-likeness (QED) is 0.440. The number of rotatable bonds is 7. The van der Waals surface area contributed by atoms with E-state index in [4.69, 9.17) is 14.0 Å². The molecule has 0 saturated heterocycles. The molecule has 6 nitrogen and oxygen atoms in total. The van der Waals surface area contributed by atoms with E-state index in [2.05, 4.69) is 45.8 Å². The second-order valence-corrected chi connectivity index (χ2v) is 8.18. The van der Waals surface area contributed by atoms with Crippen molar-refractivity contribution < 1.29 is 14.0 Å². The van der Waals surface area contributed by atoms with Gasteiger partial charge in [0.2, 0.25) is 0 Å². The third kappa shape index (κ3) is 4.37. The summed E-state index contributed by atoms with van der Waals surface area (Å²) >= 11 is 1.53. The molecule has 0 bridgehead atoms. The number of nitrogens with one attached hydrogen (secondary N) is 1. The molecule has 1 aliphatic rings. The Labute approximate surface area is 178 Å². The van der Waals surface area contributed by atoms with Crippen molar-refractivity contribution in [2.45, 2.75) is 32.0 Å². The number of benzene rings is 2. The Kier molecular flexibility index (Phi) is 5.46. The van der Waals surface area contributed by atoms with E-state index >= 15 is 0 Å². The molecule has 0 spiro atoms. The first-order valence-electron chi connectivity index (χ1n) is 9.91. The van der Waals surface area contributed by atoms with Crippen molar-refractivity contribution in [3.05, 3.63) is 88.8 Å². The molecule has 5 rings (SSSR count). The Bertz CT molecular complexity index is 1100. The third-order valence-corrected chi connectivity index (χ3v) is 5.85. The van der Waals surface area contributed by atoms with Gasteiger partial charge in [-0.2, -0.15) is 0 Å². The Hall–Kier alpha value is -3.16. The second kappa shape index (κ2) is 8.69. The van der Waals surface area contributed by atoms with Crippen LogP contribution in [0.25, 0.3) is 0 Å². The largest absolute Gasteiger partial charge is 0.485 e. The highest BCUT2D eigenvalue weighted by Crippen LogP contribution is 2.37. The maximum Gasteiger partial charge on any atom is 0.278 e. The van der Waals surface area contributed by atoms with Crippen molar-refractivity contribution in [1.29, 1.82) is 0 Å². The Morgan fingerprint density at radius 1 is 1.10 bits per heavy atom. The van der Waals surface area contributed by atoms with Gasteiger partial charge in [0, 0.05) is 23.7 Å². The Morgan fingerprint density at radius 2 is 2.03 bits per heavy atom. The normalized spacial score (nSPS) is 15.4. The summed E-state index contributed by atoms with van der Waals surface area (Å²) < 4.78 is 17.3. The van der Waals surface area contributed by atoms with Crippen LogP contribution < -0.4 is 14.8 Å². The molecule has 1 atom stereocenters. The van der Waals surface area contributed by atoms with Crippen LogP contribution in [0.15, 0.2) is 71.5 Å². The second-order valence-electron chi connectivity index (χ2n) is 7.10. The number of fused-ring (bicyclic) bond motifs is 1. The molecule has 0 saturated carbocycles. The van der Waals surface area contributed by atoms with Gasteiger partial charge in [-0.1, -0.05) is 46.8 Å². The fraction of sp³-hybridized carbons (Fsp3) is 0.217. The lowest BCUT2D eigenvalue weighted by molar-refractivity contribution is 0.176. The molecule has 1 N–H and O–H groups in total. The highest BCUT2D eigenvalue weighted by molar-refractivity contribution is 7.13. The molecule has 2 aromatic heterocycles. The molecule has 1 aliphatic heterocycles. The van der Waals surface area contributed by atoms with Gasteiger partial charge in [-0.3, -0.25) is 0 Å². The molecule has 0 amide bonds. The van der Waals surface area contributed by atoms with E-state index < -0.39 is 0 Å². The van der Waals surface area contributed by atoms with Gasteiger partial charge in [-0.15, -0.1) is 0 Å². The average Bonchev–Trinajstić information content (AvgIpc) is 3.46. The standard InChI is InChI=1S/C23H21N3O3S/c1-2-4-16(5-3-1)21-8-6-17-12-18(7-9-22(17)28-21)27-23-25-15-20(30-23)14-24-13-19-10-11-26-29-19/h1-5,7,9-12,15,21,24H,6,8,13-14H2/t21-/m0/s1. The number of ether oxygens (including phenoxy) is 2. The summed E-state index contributed by atoms with van der Waals surface area (Å²) in [6.45, 7) is 1.32. The third-order valence-electron chi connectivity index (χ3n) is 4.98. The number of aromatic nitrogens is 2. The van der Waals surface area contributed by atoms with Gasteiger partial charge < -0.3 is 19.3 Å². The number of nitrogens with zero attached hydrogens (tertiary/aromatic N) is 2. The van der Waals surface area contributed by atoms with Crippen LogP contribution >= 0.6 is 11.3 Å². The van der Waals surface area contributed by atoms with Crippen LogP contribution in [0.1, 0.15) is 34.3 Å². The molecule has 0 unspecified atom stereocenters. The number of hydrogen-bond donors (Lipinski definition) is 1. The van der Waals surface area contributed by atoms with Crippen molar-refractivity contribution in [1.82, 2.24) is 15.5 Å². The zero-order valence-corrected chi connectivity index (χ0v) is 17.1. The van der Waals surface area contributed by atoms with Gasteiger partial charge in [-0.05, 0) is 42.2 Å². The lowest BCUT2D eigenvalue weighted by Crippen LogP contribution is -2.15. The molecular weight excluding hydrogens is 398 g/mol. The topological polar surface area (TPSA) is 69.4 Å². The van der Waals surface area contributed by atoms with Crippen LogP contribution in [-0.2, 0) is 19.5 Å². The number of hydrogen-bond acceptors (Lipinski definition) is 7. The number of thiazole rings is 1. The zero-order valence-electron chi connectivity index (χ0n) is 16.3. The summed E-state index contributed by atoms with van der Waals surface area (Å²) in [6.07, 6.45) is 5.50. The van der Waals surface area contributed by atoms with Crippen molar-refractivity contribution >= 4 is 11.3 Å². The minimum absolute atomic E-state index is 0.108. The van der Waals surface area contributed by atoms with Crippen LogP contribution in [0.2, 0.25) is 0 Å². The van der Waals surface area contributed by atoms with E-state index in [1.807, 2.05) is 30.5 Å². The summed E-state index contributed by atoms with van der Waals surface area (Å²) in [7, 11) is 0. The van der Waals surface area contributed by atoms with Gasteiger partial charge in [0.15, 0.2) is 0 Å². The number of aryl methyl sites for hydroxylation is 1. The van der Waals surface area contributed by atoms with Crippen molar-refractivity contribution in [2.75, 3.05) is 0 Å². The van der Waals surface area contributed by atoms with Crippen molar-refractivity contribution in [2.24, 2.45) is 0 Å². The first kappa shape index (κ1) is 18.8. The van der Waals surface area contributed by atoms with Crippen molar-refractivity contribution in [3.63, 3.8) is 0 Å². The first-order valence-corrected chi connectivity index (χ1v) is 10.7. The Morgan fingerprint density at radius 3 is 2.90 bits per heavy atom. The smallest absolute Gasteiger partial charge is 0.278 e. The van der Waals surface area contributed by atoms with Gasteiger partial charge in [0.05, 0.1) is 12.7 Å². The first-order chi connectivity index (χ1) is 14.8. The van der Waals surface area contributed by atoms with E-state index in [9.17, 15) is 0 Å². The molecule has 0 fully saturated rings. The van der Waals surface area contributed by atoms with Crippen LogP contribution in [0.4, 0.5) is 0 Å². The molecule has 30 heavy (non-hydrogen) atoms. The van der Waals surface area contributed by atoms with Gasteiger partial charge in [-0.25, -0.2) is 4.98 Å². The van der Waals surface area contributed by atoms with Crippen LogP contribution in [-0.4, -0.2) is 10.1 Å². The van der Waals surface area contributed by atoms with E-state index in [1.54, 1.807) is 6.20 Å². The van der Waals surface area contributed by atoms with Gasteiger partial charge >= 0.3 is 0 Å². The maximum absolute atomic E-state index is 6.21. The predicted octanol–water partition coefficient (Wildman–Crippen LogP) is 5.28. The van der Waals surface area contributed by atoms with E-state index in [0.717, 1.165) is 35.0 Å². The van der Waals surface area contributed by atoms with Crippen LogP contribution in [0, 0.1) is 0 Å². The molecular formula is C23H21N3O3S. The molecule has 3 heterocycles. The lowest BCUT2D eigenvalue weighted by Gasteiger charge is -2.26. The molecule has 0 aliphatic carbocycles. The fourth-order valence-corrected chi connectivity index (χ4v) is 4.24. The summed E-state index contributed by atoms with van der Waals surface area (Å²) in [4.78, 5) is 5.47. The summed E-state index contributed by atoms with van der Waals surface area (Å²) in [5.74, 6) is 2.52. The van der Waals surface area contributed by atoms with Gasteiger partial charge in [0.25, 0.3) is 5.19 Å². The monoisotopic (exact) mass is 419 g/mol. The molecule has 152 valence electrons. The van der Waals surface area contributed by atoms with E-state index in [0.29, 0.717) is 18.3 Å². The molecule has 7 heteroatoms. The molecule has 4 aromatic rings. The Balaban J connectivity index is 1.19. The minimum atomic E-state index is 0.108. The van der Waals surface area contributed by atoms with Crippen LogP contribution in [0.5, 0.6) is 16.7 Å². The van der Waals surface area contributed by atoms with Crippen molar-refractivity contribution in [3.8, 4) is 16.7 Å². The summed E-state index contributed by atoms with van der Waals surface area (Å²) in [5, 5.41) is 7.63. The lowest BCUT2D eigenvalue weighted by atomic mass is 9.97. The minimum Gasteiger partial charge on any atom is -0.485 e. The average molecular weight is 420 g/mol. The highest BCUT2D eigenvalue weighted by Gasteiger charge is 2.21. The van der Waals surface area contributed by atoms with Gasteiger partial charge in [0.1, 0.15) is 23.4 Å². The summed E-state index contributed by atoms with van der Waals surface area (Å²) in [5.41, 5.74) is 2.39. The fourth-order valence-electron chi connectivity index (χ4n) is 3.49. The predicted molar refractivity (Wildman–Crippen MR) is 114 cm³/mol. The molecule has 2 aromatic carbocycles. The summed E-state index contributed by atoms with van der Waals surface area (Å²) in [6, 6.07) is 18.2. The zero-order chi connectivity index (χ0) is 20.2. The van der Waals surface area contributed by atoms with Crippen LogP contribution in [0.3, 0.4) is 0 Å². The van der Waals surface area contributed by atoms with E-state index in [1.165, 1.54) is 22.5 Å². The van der Waals surface area contributed by atoms with E-state index in [-0.39, 0.29) is 6.10 Å². The highest BCUT2D eigenvalue weighted by atomic mass is 32.1.